The first-order valence-electron chi connectivity index (χ1n) is 4.28. The van der Waals surface area contributed by atoms with Gasteiger partial charge in [0.15, 0.2) is 0 Å². The maximum Gasteiger partial charge on any atom is 0.265 e. The van der Waals surface area contributed by atoms with Gasteiger partial charge in [-0.3, -0.25) is 4.79 Å². The van der Waals surface area contributed by atoms with Crippen LogP contribution < -0.4 is 5.73 Å². The van der Waals surface area contributed by atoms with E-state index in [4.69, 9.17) is 11.1 Å². The van der Waals surface area contributed by atoms with Crippen LogP contribution in [0.3, 0.4) is 0 Å². The second kappa shape index (κ2) is 3.13. The summed E-state index contributed by atoms with van der Waals surface area (Å²) in [5, 5.41) is 17.2. The molecule has 0 spiro atoms. The van der Waals surface area contributed by atoms with E-state index >= 15 is 0 Å². The number of fused-ring (bicyclic) bond motifs is 1. The molecule has 0 aliphatic heterocycles. The van der Waals surface area contributed by atoms with Crippen LogP contribution in [0, 0.1) is 5.41 Å². The number of carbonyl (C=O) groups excluding carboxylic acids is 1. The molecule has 0 aliphatic rings. The van der Waals surface area contributed by atoms with E-state index in [1.807, 2.05) is 0 Å². The van der Waals surface area contributed by atoms with Gasteiger partial charge in [-0.2, -0.15) is 0 Å². The fourth-order valence-electron chi connectivity index (χ4n) is 1.55. The van der Waals surface area contributed by atoms with E-state index in [1.54, 1.807) is 6.07 Å². The van der Waals surface area contributed by atoms with Crippen LogP contribution in [0.15, 0.2) is 18.2 Å². The van der Waals surface area contributed by atoms with E-state index in [-0.39, 0.29) is 11.4 Å². The second-order valence-corrected chi connectivity index (χ2v) is 3.15. The van der Waals surface area contributed by atoms with Crippen LogP contribution in [-0.4, -0.2) is 22.2 Å². The van der Waals surface area contributed by atoms with Crippen molar-refractivity contribution in [1.29, 1.82) is 5.41 Å². The van der Waals surface area contributed by atoms with Crippen molar-refractivity contribution in [3.05, 3.63) is 29.5 Å². The van der Waals surface area contributed by atoms with Crippen LogP contribution >= 0.6 is 0 Å². The molecule has 0 aliphatic carbocycles. The maximum atomic E-state index is 11.1. The van der Waals surface area contributed by atoms with Crippen LogP contribution in [0.25, 0.3) is 10.9 Å². The van der Waals surface area contributed by atoms with Gasteiger partial charge in [-0.05, 0) is 12.1 Å². The number of aromatic nitrogens is 1. The summed E-state index contributed by atoms with van der Waals surface area (Å²) in [4.78, 5) is 13.8. The standard InChI is InChI=1S/C10H9N3O2/c11-4-7-6-2-1-5(14)3-8(6)13-9(7)10(12)15/h1-4,11,13-14H,(H2,12,15). The number of benzene rings is 1. The van der Waals surface area contributed by atoms with Crippen LogP contribution in [0.5, 0.6) is 5.75 Å². The highest BCUT2D eigenvalue weighted by Gasteiger charge is 2.13. The molecule has 0 bridgehead atoms. The number of phenolic OH excluding ortho intramolecular Hbond substituents is 1. The Morgan fingerprint density at radius 2 is 2.27 bits per heavy atom. The lowest BCUT2D eigenvalue weighted by molar-refractivity contribution is 0.0996. The smallest absolute Gasteiger partial charge is 0.265 e. The largest absolute Gasteiger partial charge is 0.508 e. The zero-order valence-electron chi connectivity index (χ0n) is 7.74. The molecule has 0 fully saturated rings. The molecule has 5 N–H and O–H groups in total. The summed E-state index contributed by atoms with van der Waals surface area (Å²) in [5.41, 5.74) is 6.37. The number of aromatic amines is 1. The number of primary amides is 1. The zero-order valence-corrected chi connectivity index (χ0v) is 7.74. The summed E-state index contributed by atoms with van der Waals surface area (Å²) in [6, 6.07) is 4.61. The summed E-state index contributed by atoms with van der Waals surface area (Å²) in [5.74, 6) is -0.527. The number of carbonyl (C=O) groups is 1. The lowest BCUT2D eigenvalue weighted by Gasteiger charge is -1.92. The minimum atomic E-state index is -0.621. The molecule has 2 aromatic rings. The van der Waals surface area contributed by atoms with Gasteiger partial charge in [0, 0.05) is 23.2 Å². The molecule has 0 unspecified atom stereocenters. The van der Waals surface area contributed by atoms with Crippen molar-refractivity contribution < 1.29 is 9.90 Å². The molecule has 15 heavy (non-hydrogen) atoms. The number of amides is 1. The molecule has 0 saturated heterocycles. The molecule has 1 aromatic carbocycles. The molecule has 1 heterocycles. The van der Waals surface area contributed by atoms with Gasteiger partial charge >= 0.3 is 0 Å². The minimum absolute atomic E-state index is 0.0938. The van der Waals surface area contributed by atoms with Gasteiger partial charge in [0.25, 0.3) is 5.91 Å². The number of nitrogens with two attached hydrogens (primary N) is 1. The van der Waals surface area contributed by atoms with Crippen molar-refractivity contribution in [1.82, 2.24) is 4.98 Å². The van der Waals surface area contributed by atoms with E-state index in [0.29, 0.717) is 16.5 Å². The number of nitrogens with one attached hydrogen (secondary N) is 2. The highest BCUT2D eigenvalue weighted by Crippen LogP contribution is 2.24. The normalized spacial score (nSPS) is 10.4. The highest BCUT2D eigenvalue weighted by molar-refractivity contribution is 6.09. The Bertz CT molecular complexity index is 557. The number of hydrogen-bond donors (Lipinski definition) is 4. The van der Waals surface area contributed by atoms with Crippen LogP contribution in [0.2, 0.25) is 0 Å². The van der Waals surface area contributed by atoms with Crippen molar-refractivity contribution in [2.75, 3.05) is 0 Å². The predicted molar refractivity (Wildman–Crippen MR) is 56.4 cm³/mol. The molecular weight excluding hydrogens is 194 g/mol. The molecule has 0 atom stereocenters. The first-order chi connectivity index (χ1) is 7.13. The van der Waals surface area contributed by atoms with Gasteiger partial charge < -0.3 is 21.2 Å². The lowest BCUT2D eigenvalue weighted by Crippen LogP contribution is -2.13. The molecule has 1 amide bonds. The Morgan fingerprint density at radius 3 is 2.87 bits per heavy atom. The molecule has 76 valence electrons. The summed E-state index contributed by atoms with van der Waals surface area (Å²) in [6.45, 7) is 0. The minimum Gasteiger partial charge on any atom is -0.508 e. The molecule has 1 aromatic heterocycles. The van der Waals surface area contributed by atoms with Crippen molar-refractivity contribution in [3.8, 4) is 5.75 Å². The summed E-state index contributed by atoms with van der Waals surface area (Å²) in [7, 11) is 0. The topological polar surface area (TPSA) is 103 Å². The number of phenols is 1. The third-order valence-electron chi connectivity index (χ3n) is 2.21. The average molecular weight is 203 g/mol. The van der Waals surface area contributed by atoms with Crippen molar-refractivity contribution in [2.45, 2.75) is 0 Å². The summed E-state index contributed by atoms with van der Waals surface area (Å²) >= 11 is 0. The number of H-pyrrole nitrogens is 1. The molecular formula is C10H9N3O2. The van der Waals surface area contributed by atoms with Gasteiger partial charge in [-0.25, -0.2) is 0 Å². The third-order valence-corrected chi connectivity index (χ3v) is 2.21. The summed E-state index contributed by atoms with van der Waals surface area (Å²) < 4.78 is 0. The van der Waals surface area contributed by atoms with Crippen LogP contribution in [-0.2, 0) is 0 Å². The zero-order chi connectivity index (χ0) is 11.0. The van der Waals surface area contributed by atoms with Crippen molar-refractivity contribution >= 4 is 23.0 Å². The Hall–Kier alpha value is -2.30. The van der Waals surface area contributed by atoms with Gasteiger partial charge in [0.05, 0.1) is 5.52 Å². The number of aromatic hydroxyl groups is 1. The molecule has 5 nitrogen and oxygen atoms in total. The molecule has 5 heteroatoms. The van der Waals surface area contributed by atoms with E-state index in [1.165, 1.54) is 12.1 Å². The monoisotopic (exact) mass is 203 g/mol. The average Bonchev–Trinajstić information content (AvgIpc) is 2.55. The van der Waals surface area contributed by atoms with Crippen molar-refractivity contribution in [2.24, 2.45) is 5.73 Å². The van der Waals surface area contributed by atoms with E-state index in [2.05, 4.69) is 4.98 Å². The second-order valence-electron chi connectivity index (χ2n) is 3.15. The lowest BCUT2D eigenvalue weighted by atomic mass is 10.1. The van der Waals surface area contributed by atoms with Crippen molar-refractivity contribution in [3.63, 3.8) is 0 Å². The highest BCUT2D eigenvalue weighted by atomic mass is 16.3. The van der Waals surface area contributed by atoms with Crippen LogP contribution in [0.4, 0.5) is 0 Å². The molecule has 0 radical (unpaired) electrons. The predicted octanol–water partition coefficient (Wildman–Crippen LogP) is 0.970. The Kier molecular flexibility index (Phi) is 1.93. The van der Waals surface area contributed by atoms with Gasteiger partial charge in [-0.15, -0.1) is 0 Å². The van der Waals surface area contributed by atoms with E-state index in [9.17, 15) is 9.90 Å². The SMILES string of the molecule is N=Cc1c(C(N)=O)[nH]c2cc(O)ccc12. The number of hydrogen-bond acceptors (Lipinski definition) is 3. The maximum absolute atomic E-state index is 11.1. The molecule has 0 saturated carbocycles. The fraction of sp³-hybridized carbons (Fsp3) is 0. The van der Waals surface area contributed by atoms with Gasteiger partial charge in [-0.1, -0.05) is 0 Å². The van der Waals surface area contributed by atoms with Gasteiger partial charge in [0.1, 0.15) is 11.4 Å². The fourth-order valence-corrected chi connectivity index (χ4v) is 1.55. The van der Waals surface area contributed by atoms with E-state index < -0.39 is 5.91 Å². The first-order valence-corrected chi connectivity index (χ1v) is 4.28. The Labute approximate surface area is 85.0 Å². The quantitative estimate of drug-likeness (QED) is 0.546. The van der Waals surface area contributed by atoms with Gasteiger partial charge in [0.2, 0.25) is 0 Å². The third kappa shape index (κ3) is 1.34. The van der Waals surface area contributed by atoms with E-state index in [0.717, 1.165) is 6.21 Å². The Balaban J connectivity index is 2.84. The summed E-state index contributed by atoms with van der Waals surface area (Å²) in [6.07, 6.45) is 1.07. The number of rotatable bonds is 2. The Morgan fingerprint density at radius 1 is 1.53 bits per heavy atom. The van der Waals surface area contributed by atoms with Crippen LogP contribution in [0.1, 0.15) is 16.1 Å². The first kappa shape index (κ1) is 9.26. The molecule has 2 rings (SSSR count).